The Kier molecular flexibility index (Phi) is 5.43. The molecule has 0 aliphatic carbocycles. The lowest BCUT2D eigenvalue weighted by Crippen LogP contribution is -2.29. The van der Waals surface area contributed by atoms with Gasteiger partial charge in [0.2, 0.25) is 0 Å². The molecule has 0 N–H and O–H groups in total. The first-order valence-corrected chi connectivity index (χ1v) is 11.7. The number of rotatable bonds is 2. The van der Waals surface area contributed by atoms with E-state index in [0.717, 1.165) is 43.5 Å². The fourth-order valence-corrected chi connectivity index (χ4v) is 6.69. The van der Waals surface area contributed by atoms with Gasteiger partial charge in [-0.25, -0.2) is 4.98 Å². The Morgan fingerprint density at radius 2 is 1.52 bits per heavy atom. The normalized spacial score (nSPS) is 15.0. The van der Waals surface area contributed by atoms with Gasteiger partial charge in [0.1, 0.15) is 5.65 Å². The number of hydrogen-bond acceptors (Lipinski definition) is 2. The highest BCUT2D eigenvalue weighted by Crippen LogP contribution is 2.40. The molecule has 1 aromatic carbocycles. The first kappa shape index (κ1) is 19.5. The molecule has 6 heteroatoms. The van der Waals surface area contributed by atoms with Crippen LogP contribution in [0.25, 0.3) is 16.7 Å². The van der Waals surface area contributed by atoms with Gasteiger partial charge in [0.15, 0.2) is 0 Å². The van der Waals surface area contributed by atoms with E-state index in [9.17, 15) is 0 Å². The van der Waals surface area contributed by atoms with E-state index < -0.39 is 0 Å². The highest BCUT2D eigenvalue weighted by atomic mass is 79.9. The van der Waals surface area contributed by atoms with Crippen molar-refractivity contribution in [2.45, 2.75) is 40.0 Å². The van der Waals surface area contributed by atoms with Crippen molar-refractivity contribution < 1.29 is 0 Å². The molecule has 1 fully saturated rings. The number of anilines is 1. The Morgan fingerprint density at radius 1 is 0.889 bits per heavy atom. The molecule has 1 aliphatic rings. The molecule has 3 aromatic rings. The summed E-state index contributed by atoms with van der Waals surface area (Å²) in [6.07, 6.45) is 3.87. The van der Waals surface area contributed by atoms with Crippen LogP contribution in [0.5, 0.6) is 0 Å². The third-order valence-corrected chi connectivity index (χ3v) is 7.14. The average molecular weight is 556 g/mol. The third-order valence-electron chi connectivity index (χ3n) is 5.47. The lowest BCUT2D eigenvalue weighted by Gasteiger charge is -2.30. The van der Waals surface area contributed by atoms with Gasteiger partial charge in [-0.15, -0.1) is 0 Å². The molecule has 3 heterocycles. The minimum atomic E-state index is 1.03. The van der Waals surface area contributed by atoms with E-state index in [-0.39, 0.29) is 0 Å². The van der Waals surface area contributed by atoms with Crippen LogP contribution < -0.4 is 4.90 Å². The predicted octanol–water partition coefficient (Wildman–Crippen LogP) is 7.23. The molecule has 3 nitrogen and oxygen atoms in total. The topological polar surface area (TPSA) is 21.1 Å². The van der Waals surface area contributed by atoms with Crippen LogP contribution in [0.15, 0.2) is 31.6 Å². The number of halogens is 3. The van der Waals surface area contributed by atoms with E-state index in [1.807, 2.05) is 0 Å². The van der Waals surface area contributed by atoms with Gasteiger partial charge in [0.05, 0.1) is 5.69 Å². The third kappa shape index (κ3) is 3.38. The maximum Gasteiger partial charge on any atom is 0.147 e. The molecule has 142 valence electrons. The highest BCUT2D eigenvalue weighted by molar-refractivity contribution is 9.11. The second-order valence-electron chi connectivity index (χ2n) is 7.29. The van der Waals surface area contributed by atoms with E-state index in [4.69, 9.17) is 4.98 Å². The number of benzene rings is 1. The number of pyridine rings is 1. The Balaban J connectivity index is 2.04. The molecule has 27 heavy (non-hydrogen) atoms. The number of piperidine rings is 1. The van der Waals surface area contributed by atoms with Crippen LogP contribution in [0.2, 0.25) is 0 Å². The lowest BCUT2D eigenvalue weighted by atomic mass is 10.1. The summed E-state index contributed by atoms with van der Waals surface area (Å²) in [6, 6.07) is 6.43. The highest BCUT2D eigenvalue weighted by Gasteiger charge is 2.23. The summed E-state index contributed by atoms with van der Waals surface area (Å²) in [7, 11) is 0. The molecule has 2 aromatic heterocycles. The summed E-state index contributed by atoms with van der Waals surface area (Å²) in [4.78, 5) is 7.52. The number of aryl methyl sites for hydroxylation is 2. The standard InChI is InChI=1S/C21H22Br3N3/c1-12-9-18(26-7-5-4-6-8-26)19-13(2)14(3)27(21(19)25-12)20-16(23)10-15(22)11-17(20)24/h9-11H,4-8H2,1-3H3. The van der Waals surface area contributed by atoms with Crippen LogP contribution in [0, 0.1) is 20.8 Å². The number of aromatic nitrogens is 2. The van der Waals surface area contributed by atoms with Crippen molar-refractivity contribution in [1.29, 1.82) is 0 Å². The zero-order valence-corrected chi connectivity index (χ0v) is 20.5. The molecule has 0 saturated carbocycles. The molecule has 0 radical (unpaired) electrons. The predicted molar refractivity (Wildman–Crippen MR) is 124 cm³/mol. The van der Waals surface area contributed by atoms with E-state index in [1.54, 1.807) is 0 Å². The van der Waals surface area contributed by atoms with Crippen molar-refractivity contribution in [3.63, 3.8) is 0 Å². The molecule has 0 atom stereocenters. The van der Waals surface area contributed by atoms with E-state index in [1.165, 1.54) is 41.6 Å². The van der Waals surface area contributed by atoms with Crippen molar-refractivity contribution in [2.24, 2.45) is 0 Å². The maximum atomic E-state index is 4.98. The summed E-state index contributed by atoms with van der Waals surface area (Å²) in [6.45, 7) is 8.77. The van der Waals surface area contributed by atoms with Gasteiger partial charge < -0.3 is 4.90 Å². The zero-order valence-electron chi connectivity index (χ0n) is 15.7. The first-order chi connectivity index (χ1) is 12.9. The molecule has 0 unspecified atom stereocenters. The minimum absolute atomic E-state index is 1.03. The first-order valence-electron chi connectivity index (χ1n) is 9.27. The van der Waals surface area contributed by atoms with Crippen molar-refractivity contribution >= 4 is 64.5 Å². The smallest absolute Gasteiger partial charge is 0.147 e. The zero-order chi connectivity index (χ0) is 19.3. The summed E-state index contributed by atoms with van der Waals surface area (Å²) in [5.74, 6) is 0. The summed E-state index contributed by atoms with van der Waals surface area (Å²) in [5, 5.41) is 1.28. The van der Waals surface area contributed by atoms with E-state index >= 15 is 0 Å². The van der Waals surface area contributed by atoms with Gasteiger partial charge in [-0.3, -0.25) is 4.57 Å². The van der Waals surface area contributed by atoms with Crippen molar-refractivity contribution in [3.8, 4) is 5.69 Å². The van der Waals surface area contributed by atoms with E-state index in [2.05, 4.69) is 96.2 Å². The summed E-state index contributed by atoms with van der Waals surface area (Å²) < 4.78 is 5.39. The molecular weight excluding hydrogens is 534 g/mol. The summed E-state index contributed by atoms with van der Waals surface area (Å²) >= 11 is 11.1. The average Bonchev–Trinajstić information content (AvgIpc) is 2.86. The fraction of sp³-hybridized carbons (Fsp3) is 0.381. The lowest BCUT2D eigenvalue weighted by molar-refractivity contribution is 0.579. The molecule has 0 bridgehead atoms. The molecule has 1 saturated heterocycles. The minimum Gasteiger partial charge on any atom is -0.371 e. The van der Waals surface area contributed by atoms with Crippen LogP contribution in [0.3, 0.4) is 0 Å². The van der Waals surface area contributed by atoms with Crippen LogP contribution in [0.4, 0.5) is 5.69 Å². The molecule has 0 spiro atoms. The number of fused-ring (bicyclic) bond motifs is 1. The monoisotopic (exact) mass is 553 g/mol. The van der Waals surface area contributed by atoms with Crippen LogP contribution in [-0.4, -0.2) is 22.6 Å². The van der Waals surface area contributed by atoms with E-state index in [0.29, 0.717) is 0 Å². The van der Waals surface area contributed by atoms with Gasteiger partial charge in [-0.2, -0.15) is 0 Å². The molecule has 4 rings (SSSR count). The number of nitrogens with zero attached hydrogens (tertiary/aromatic N) is 3. The van der Waals surface area contributed by atoms with Crippen LogP contribution >= 0.6 is 47.8 Å². The molecule has 0 amide bonds. The quantitative estimate of drug-likeness (QED) is 0.332. The fourth-order valence-electron chi connectivity index (χ4n) is 4.07. The van der Waals surface area contributed by atoms with Crippen LogP contribution in [0.1, 0.15) is 36.2 Å². The Bertz CT molecular complexity index is 1010. The van der Waals surface area contributed by atoms with Gasteiger partial charge in [0.25, 0.3) is 0 Å². The maximum absolute atomic E-state index is 4.98. The van der Waals surface area contributed by atoms with Crippen LogP contribution in [-0.2, 0) is 0 Å². The van der Waals surface area contributed by atoms with Gasteiger partial charge in [0, 0.05) is 49.0 Å². The van der Waals surface area contributed by atoms with Gasteiger partial charge in [-0.1, -0.05) is 15.9 Å². The SMILES string of the molecule is Cc1cc(N2CCCCC2)c2c(C)c(C)n(-c3c(Br)cc(Br)cc3Br)c2n1. The second-order valence-corrected chi connectivity index (χ2v) is 9.92. The Labute approximate surface area is 185 Å². The molecule has 1 aliphatic heterocycles. The second kappa shape index (κ2) is 7.53. The van der Waals surface area contributed by atoms with Crippen molar-refractivity contribution in [3.05, 3.63) is 48.6 Å². The van der Waals surface area contributed by atoms with Gasteiger partial charge in [-0.05, 0) is 95.7 Å². The van der Waals surface area contributed by atoms with Crippen molar-refractivity contribution in [1.82, 2.24) is 9.55 Å². The largest absolute Gasteiger partial charge is 0.371 e. The Morgan fingerprint density at radius 3 is 2.15 bits per heavy atom. The van der Waals surface area contributed by atoms with Crippen molar-refractivity contribution in [2.75, 3.05) is 18.0 Å². The molecular formula is C21H22Br3N3. The van der Waals surface area contributed by atoms with Gasteiger partial charge >= 0.3 is 0 Å². The Hall–Kier alpha value is -0.850. The number of hydrogen-bond donors (Lipinski definition) is 0. The summed E-state index contributed by atoms with van der Waals surface area (Å²) in [5.41, 5.74) is 7.06.